The molecule has 0 spiro atoms. The number of carbonyl (C=O) groups is 1. The van der Waals surface area contributed by atoms with Crippen LogP contribution in [0.1, 0.15) is 30.6 Å². The van der Waals surface area contributed by atoms with E-state index in [1.165, 1.54) is 0 Å². The Balaban J connectivity index is 2.15. The lowest BCUT2D eigenvalue weighted by atomic mass is 9.91. The number of benzene rings is 1. The Bertz CT molecular complexity index is 390. The highest BCUT2D eigenvalue weighted by molar-refractivity contribution is 5.94. The molecule has 1 heterocycles. The summed E-state index contributed by atoms with van der Waals surface area (Å²) in [6.07, 6.45) is 0.379. The average molecular weight is 233 g/mol. The van der Waals surface area contributed by atoms with Crippen LogP contribution in [-0.2, 0) is 0 Å². The molecule has 0 aliphatic carbocycles. The van der Waals surface area contributed by atoms with E-state index in [2.05, 4.69) is 0 Å². The van der Waals surface area contributed by atoms with Crippen LogP contribution >= 0.6 is 0 Å². The van der Waals surface area contributed by atoms with Crippen LogP contribution in [0.4, 0.5) is 0 Å². The molecule has 0 bridgehead atoms. The molecule has 92 valence electrons. The fourth-order valence-corrected chi connectivity index (χ4v) is 2.35. The van der Waals surface area contributed by atoms with E-state index < -0.39 is 0 Å². The van der Waals surface area contributed by atoms with E-state index in [1.807, 2.05) is 49.1 Å². The lowest BCUT2D eigenvalue weighted by Gasteiger charge is -2.39. The van der Waals surface area contributed by atoms with Crippen molar-refractivity contribution in [2.75, 3.05) is 6.54 Å². The summed E-state index contributed by atoms with van der Waals surface area (Å²) in [4.78, 5) is 14.2. The molecule has 1 N–H and O–H groups in total. The first kappa shape index (κ1) is 12.1. The van der Waals surface area contributed by atoms with Gasteiger partial charge in [0.2, 0.25) is 0 Å². The number of hydrogen-bond acceptors (Lipinski definition) is 2. The normalized spacial score (nSPS) is 29.1. The average Bonchev–Trinajstić information content (AvgIpc) is 2.34. The van der Waals surface area contributed by atoms with Gasteiger partial charge in [0, 0.05) is 18.2 Å². The quantitative estimate of drug-likeness (QED) is 0.805. The molecule has 1 fully saturated rings. The van der Waals surface area contributed by atoms with Crippen LogP contribution in [0, 0.1) is 5.92 Å². The van der Waals surface area contributed by atoms with Crippen molar-refractivity contribution >= 4 is 5.91 Å². The third-order valence-electron chi connectivity index (χ3n) is 3.54. The summed E-state index contributed by atoms with van der Waals surface area (Å²) in [5.41, 5.74) is 0.725. The summed E-state index contributed by atoms with van der Waals surface area (Å²) >= 11 is 0. The number of piperidine rings is 1. The van der Waals surface area contributed by atoms with Crippen molar-refractivity contribution in [1.82, 2.24) is 4.90 Å². The molecule has 3 unspecified atom stereocenters. The highest BCUT2D eigenvalue weighted by atomic mass is 16.3. The fraction of sp³-hybridized carbons (Fsp3) is 0.500. The minimum atomic E-state index is -0.287. The molecule has 3 nitrogen and oxygen atoms in total. The maximum atomic E-state index is 12.3. The van der Waals surface area contributed by atoms with E-state index in [1.54, 1.807) is 0 Å². The minimum absolute atomic E-state index is 0.0665. The van der Waals surface area contributed by atoms with Crippen molar-refractivity contribution in [3.05, 3.63) is 35.9 Å². The maximum absolute atomic E-state index is 12.3. The second-order valence-electron chi connectivity index (χ2n) is 4.95. The standard InChI is InChI=1S/C14H19NO2/c1-10-9-15(11(2)8-13(10)16)14(17)12-6-4-3-5-7-12/h3-7,10-11,13,16H,8-9H2,1-2H3. The van der Waals surface area contributed by atoms with Crippen LogP contribution in [0.25, 0.3) is 0 Å². The number of nitrogens with zero attached hydrogens (tertiary/aromatic N) is 1. The van der Waals surface area contributed by atoms with Gasteiger partial charge in [0.05, 0.1) is 6.10 Å². The molecule has 0 saturated carbocycles. The maximum Gasteiger partial charge on any atom is 0.254 e. The van der Waals surface area contributed by atoms with Crippen LogP contribution in [0.3, 0.4) is 0 Å². The highest BCUT2D eigenvalue weighted by Gasteiger charge is 2.32. The Morgan fingerprint density at radius 1 is 1.29 bits per heavy atom. The van der Waals surface area contributed by atoms with E-state index in [4.69, 9.17) is 0 Å². The zero-order chi connectivity index (χ0) is 12.4. The Hall–Kier alpha value is -1.35. The third-order valence-corrected chi connectivity index (χ3v) is 3.54. The van der Waals surface area contributed by atoms with Gasteiger partial charge in [-0.2, -0.15) is 0 Å². The first-order valence-electron chi connectivity index (χ1n) is 6.13. The molecule has 1 aromatic carbocycles. The summed E-state index contributed by atoms with van der Waals surface area (Å²) in [6, 6.07) is 9.44. The van der Waals surface area contributed by atoms with Gasteiger partial charge in [-0.25, -0.2) is 0 Å². The monoisotopic (exact) mass is 233 g/mol. The second-order valence-corrected chi connectivity index (χ2v) is 4.95. The van der Waals surface area contributed by atoms with Crippen molar-refractivity contribution in [3.8, 4) is 0 Å². The lowest BCUT2D eigenvalue weighted by Crippen LogP contribution is -2.50. The predicted molar refractivity (Wildman–Crippen MR) is 66.7 cm³/mol. The molecular weight excluding hydrogens is 214 g/mol. The van der Waals surface area contributed by atoms with Gasteiger partial charge < -0.3 is 10.0 Å². The van der Waals surface area contributed by atoms with Gasteiger partial charge in [-0.05, 0) is 31.4 Å². The topological polar surface area (TPSA) is 40.5 Å². The van der Waals surface area contributed by atoms with E-state index in [9.17, 15) is 9.90 Å². The Kier molecular flexibility index (Phi) is 3.48. The summed E-state index contributed by atoms with van der Waals surface area (Å²) in [7, 11) is 0. The molecule has 3 atom stereocenters. The van der Waals surface area contributed by atoms with E-state index in [-0.39, 0.29) is 24.0 Å². The van der Waals surface area contributed by atoms with Crippen molar-refractivity contribution in [2.24, 2.45) is 5.92 Å². The van der Waals surface area contributed by atoms with Crippen molar-refractivity contribution in [2.45, 2.75) is 32.4 Å². The van der Waals surface area contributed by atoms with Gasteiger partial charge in [-0.1, -0.05) is 25.1 Å². The second kappa shape index (κ2) is 4.88. The van der Waals surface area contributed by atoms with E-state index in [0.29, 0.717) is 13.0 Å². The van der Waals surface area contributed by atoms with Gasteiger partial charge >= 0.3 is 0 Å². The number of rotatable bonds is 1. The lowest BCUT2D eigenvalue weighted by molar-refractivity contribution is 0.00829. The number of aliphatic hydroxyl groups is 1. The van der Waals surface area contributed by atoms with Gasteiger partial charge in [0.25, 0.3) is 5.91 Å². The highest BCUT2D eigenvalue weighted by Crippen LogP contribution is 2.23. The number of aliphatic hydroxyl groups excluding tert-OH is 1. The molecule has 0 radical (unpaired) electrons. The number of hydrogen-bond donors (Lipinski definition) is 1. The smallest absolute Gasteiger partial charge is 0.254 e. The fourth-order valence-electron chi connectivity index (χ4n) is 2.35. The van der Waals surface area contributed by atoms with Crippen LogP contribution in [0.15, 0.2) is 30.3 Å². The molecular formula is C14H19NO2. The number of likely N-dealkylation sites (tertiary alicyclic amines) is 1. The summed E-state index contributed by atoms with van der Waals surface area (Å²) in [6.45, 7) is 4.62. The summed E-state index contributed by atoms with van der Waals surface area (Å²) in [5, 5.41) is 9.78. The molecule has 1 aromatic rings. The molecule has 1 aliphatic rings. The molecule has 0 aromatic heterocycles. The summed E-state index contributed by atoms with van der Waals surface area (Å²) in [5.74, 6) is 0.218. The van der Waals surface area contributed by atoms with Crippen LogP contribution in [-0.4, -0.2) is 34.6 Å². The molecule has 1 aliphatic heterocycles. The SMILES string of the molecule is CC1CN(C(=O)c2ccccc2)C(C)CC1O. The Morgan fingerprint density at radius 2 is 1.94 bits per heavy atom. The predicted octanol–water partition coefficient (Wildman–Crippen LogP) is 1.92. The molecule has 1 amide bonds. The van der Waals surface area contributed by atoms with Crippen molar-refractivity contribution in [1.29, 1.82) is 0 Å². The molecule has 3 heteroatoms. The largest absolute Gasteiger partial charge is 0.393 e. The van der Waals surface area contributed by atoms with E-state index >= 15 is 0 Å². The first-order valence-corrected chi connectivity index (χ1v) is 6.13. The third kappa shape index (κ3) is 2.50. The van der Waals surface area contributed by atoms with Crippen molar-refractivity contribution < 1.29 is 9.90 Å². The van der Waals surface area contributed by atoms with Gasteiger partial charge in [0.1, 0.15) is 0 Å². The van der Waals surface area contributed by atoms with Gasteiger partial charge in [-0.3, -0.25) is 4.79 Å². The first-order chi connectivity index (χ1) is 8.09. The number of amides is 1. The van der Waals surface area contributed by atoms with Crippen LogP contribution in [0.5, 0.6) is 0 Å². The zero-order valence-electron chi connectivity index (χ0n) is 10.3. The van der Waals surface area contributed by atoms with Gasteiger partial charge in [-0.15, -0.1) is 0 Å². The Morgan fingerprint density at radius 3 is 2.59 bits per heavy atom. The number of carbonyl (C=O) groups excluding carboxylic acids is 1. The van der Waals surface area contributed by atoms with Crippen LogP contribution in [0.2, 0.25) is 0 Å². The Labute approximate surface area is 102 Å². The molecule has 1 saturated heterocycles. The zero-order valence-corrected chi connectivity index (χ0v) is 10.3. The molecule has 2 rings (SSSR count). The molecule has 17 heavy (non-hydrogen) atoms. The summed E-state index contributed by atoms with van der Waals surface area (Å²) < 4.78 is 0. The van der Waals surface area contributed by atoms with Crippen molar-refractivity contribution in [3.63, 3.8) is 0 Å². The van der Waals surface area contributed by atoms with Gasteiger partial charge in [0.15, 0.2) is 0 Å². The minimum Gasteiger partial charge on any atom is -0.393 e. The van der Waals surface area contributed by atoms with E-state index in [0.717, 1.165) is 5.56 Å². The van der Waals surface area contributed by atoms with Crippen LogP contribution < -0.4 is 0 Å².